The summed E-state index contributed by atoms with van der Waals surface area (Å²) in [4.78, 5) is 11.7. The van der Waals surface area contributed by atoms with E-state index in [4.69, 9.17) is 4.74 Å². The van der Waals surface area contributed by atoms with Crippen molar-refractivity contribution in [3.05, 3.63) is 35.4 Å². The van der Waals surface area contributed by atoms with Crippen LogP contribution in [0.2, 0.25) is 0 Å². The molecule has 0 amide bonds. The summed E-state index contributed by atoms with van der Waals surface area (Å²) in [5.74, 6) is 0.459. The highest BCUT2D eigenvalue weighted by atomic mass is 16.5. The van der Waals surface area contributed by atoms with Gasteiger partial charge in [0.2, 0.25) is 0 Å². The van der Waals surface area contributed by atoms with Crippen LogP contribution in [0.3, 0.4) is 0 Å². The largest absolute Gasteiger partial charge is 0.465 e. The molecule has 0 saturated carbocycles. The molecule has 0 radical (unpaired) electrons. The van der Waals surface area contributed by atoms with Crippen LogP contribution >= 0.6 is 0 Å². The minimum atomic E-state index is -0.263. The third-order valence-corrected chi connectivity index (χ3v) is 3.71. The molecule has 1 unspecified atom stereocenters. The smallest absolute Gasteiger partial charge is 0.338 e. The van der Waals surface area contributed by atoms with Gasteiger partial charge in [-0.3, -0.25) is 0 Å². The summed E-state index contributed by atoms with van der Waals surface area (Å²) in [5, 5.41) is 3.47. The molecular weight excluding hydrogens is 250 g/mol. The molecule has 0 heterocycles. The van der Waals surface area contributed by atoms with Gasteiger partial charge >= 0.3 is 5.97 Å². The van der Waals surface area contributed by atoms with Crippen molar-refractivity contribution in [1.82, 2.24) is 5.32 Å². The quantitative estimate of drug-likeness (QED) is 0.698. The Balaban J connectivity index is 2.51. The lowest BCUT2D eigenvalue weighted by Crippen LogP contribution is -2.23. The average molecular weight is 277 g/mol. The number of hydrogen-bond acceptors (Lipinski definition) is 3. The molecule has 0 bridgehead atoms. The standard InChI is InChI=1S/C17H27NO2/c1-4-6-9-14(5-2)12-18-13-15-10-7-8-11-16(15)17(19)20-3/h7-8,10-11,14,18H,4-6,9,12-13H2,1-3H3. The van der Waals surface area contributed by atoms with Crippen molar-refractivity contribution in [2.75, 3.05) is 13.7 Å². The zero-order chi connectivity index (χ0) is 14.8. The maximum Gasteiger partial charge on any atom is 0.338 e. The van der Waals surface area contributed by atoms with Crippen LogP contribution in [-0.4, -0.2) is 19.6 Å². The molecule has 20 heavy (non-hydrogen) atoms. The predicted molar refractivity (Wildman–Crippen MR) is 82.8 cm³/mol. The predicted octanol–water partition coefficient (Wildman–Crippen LogP) is 3.78. The number of methoxy groups -OCH3 is 1. The van der Waals surface area contributed by atoms with Crippen molar-refractivity contribution in [3.63, 3.8) is 0 Å². The lowest BCUT2D eigenvalue weighted by Gasteiger charge is -2.16. The van der Waals surface area contributed by atoms with E-state index in [2.05, 4.69) is 19.2 Å². The van der Waals surface area contributed by atoms with Crippen molar-refractivity contribution in [1.29, 1.82) is 0 Å². The first kappa shape index (κ1) is 16.7. The van der Waals surface area contributed by atoms with Gasteiger partial charge < -0.3 is 10.1 Å². The molecule has 1 rings (SSSR count). The summed E-state index contributed by atoms with van der Waals surface area (Å²) in [5.41, 5.74) is 1.66. The van der Waals surface area contributed by atoms with E-state index < -0.39 is 0 Å². The van der Waals surface area contributed by atoms with Gasteiger partial charge in [-0.1, -0.05) is 51.3 Å². The Kier molecular flexibility index (Phi) is 7.97. The summed E-state index contributed by atoms with van der Waals surface area (Å²) in [6.07, 6.45) is 5.02. The van der Waals surface area contributed by atoms with Gasteiger partial charge in [-0.2, -0.15) is 0 Å². The number of carbonyl (C=O) groups is 1. The van der Waals surface area contributed by atoms with E-state index in [0.717, 1.165) is 18.0 Å². The summed E-state index contributed by atoms with van der Waals surface area (Å²) in [6.45, 7) is 6.19. The Labute approximate surface area is 122 Å². The second-order valence-corrected chi connectivity index (χ2v) is 5.20. The van der Waals surface area contributed by atoms with E-state index in [1.54, 1.807) is 0 Å². The summed E-state index contributed by atoms with van der Waals surface area (Å²) in [6, 6.07) is 7.62. The molecule has 112 valence electrons. The first-order valence-corrected chi connectivity index (χ1v) is 7.59. The Hall–Kier alpha value is -1.35. The van der Waals surface area contributed by atoms with Crippen LogP contribution in [0, 0.1) is 5.92 Å². The van der Waals surface area contributed by atoms with Crippen molar-refractivity contribution in [3.8, 4) is 0 Å². The Morgan fingerprint density at radius 1 is 1.30 bits per heavy atom. The van der Waals surface area contributed by atoms with E-state index in [1.807, 2.05) is 24.3 Å². The summed E-state index contributed by atoms with van der Waals surface area (Å²) in [7, 11) is 1.42. The monoisotopic (exact) mass is 277 g/mol. The molecule has 1 N–H and O–H groups in total. The zero-order valence-electron chi connectivity index (χ0n) is 12.9. The molecule has 0 aliphatic rings. The highest BCUT2D eigenvalue weighted by molar-refractivity contribution is 5.90. The molecule has 1 aromatic rings. The minimum absolute atomic E-state index is 0.263. The lowest BCUT2D eigenvalue weighted by atomic mass is 9.99. The fraction of sp³-hybridized carbons (Fsp3) is 0.588. The maximum absolute atomic E-state index is 11.7. The first-order chi connectivity index (χ1) is 9.72. The summed E-state index contributed by atoms with van der Waals surface area (Å²) < 4.78 is 4.81. The fourth-order valence-corrected chi connectivity index (χ4v) is 2.34. The zero-order valence-corrected chi connectivity index (χ0v) is 12.9. The number of hydrogen-bond donors (Lipinski definition) is 1. The van der Waals surface area contributed by atoms with E-state index in [0.29, 0.717) is 12.1 Å². The Bertz CT molecular complexity index is 404. The van der Waals surface area contributed by atoms with Crippen molar-refractivity contribution in [2.45, 2.75) is 46.1 Å². The number of benzene rings is 1. The van der Waals surface area contributed by atoms with Crippen LogP contribution in [-0.2, 0) is 11.3 Å². The SMILES string of the molecule is CCCCC(CC)CNCc1ccccc1C(=O)OC. The van der Waals surface area contributed by atoms with E-state index in [9.17, 15) is 4.79 Å². The number of esters is 1. The molecule has 0 saturated heterocycles. The molecule has 0 spiro atoms. The third-order valence-electron chi connectivity index (χ3n) is 3.71. The van der Waals surface area contributed by atoms with Gasteiger partial charge in [0.25, 0.3) is 0 Å². The van der Waals surface area contributed by atoms with E-state index in [-0.39, 0.29) is 5.97 Å². The van der Waals surface area contributed by atoms with Gasteiger partial charge in [0.1, 0.15) is 0 Å². The first-order valence-electron chi connectivity index (χ1n) is 7.59. The Morgan fingerprint density at radius 2 is 2.05 bits per heavy atom. The number of rotatable bonds is 9. The topological polar surface area (TPSA) is 38.3 Å². The van der Waals surface area contributed by atoms with Gasteiger partial charge in [-0.15, -0.1) is 0 Å². The second-order valence-electron chi connectivity index (χ2n) is 5.20. The molecule has 0 aliphatic carbocycles. The molecule has 0 aliphatic heterocycles. The second kappa shape index (κ2) is 9.54. The maximum atomic E-state index is 11.7. The molecule has 1 atom stereocenters. The van der Waals surface area contributed by atoms with Gasteiger partial charge in [0.15, 0.2) is 0 Å². The number of carbonyl (C=O) groups excluding carboxylic acids is 1. The highest BCUT2D eigenvalue weighted by Crippen LogP contribution is 2.13. The van der Waals surface area contributed by atoms with Crippen LogP contribution in [0.5, 0.6) is 0 Å². The Morgan fingerprint density at radius 3 is 2.70 bits per heavy atom. The fourth-order valence-electron chi connectivity index (χ4n) is 2.34. The van der Waals surface area contributed by atoms with E-state index >= 15 is 0 Å². The molecule has 1 aromatic carbocycles. The summed E-state index contributed by atoms with van der Waals surface area (Å²) >= 11 is 0. The van der Waals surface area contributed by atoms with Crippen molar-refractivity contribution < 1.29 is 9.53 Å². The molecule has 0 fully saturated rings. The molecular formula is C17H27NO2. The van der Waals surface area contributed by atoms with Gasteiger partial charge in [0.05, 0.1) is 12.7 Å². The van der Waals surface area contributed by atoms with Crippen molar-refractivity contribution in [2.24, 2.45) is 5.92 Å². The van der Waals surface area contributed by atoms with Crippen LogP contribution in [0.4, 0.5) is 0 Å². The van der Waals surface area contributed by atoms with Gasteiger partial charge in [-0.05, 0) is 30.5 Å². The molecule has 3 heteroatoms. The number of unbranched alkanes of at least 4 members (excludes halogenated alkanes) is 1. The van der Waals surface area contributed by atoms with Crippen molar-refractivity contribution >= 4 is 5.97 Å². The van der Waals surface area contributed by atoms with Crippen LogP contribution in [0.15, 0.2) is 24.3 Å². The third kappa shape index (κ3) is 5.33. The highest BCUT2D eigenvalue weighted by Gasteiger charge is 2.11. The number of ether oxygens (including phenoxy) is 1. The molecule has 0 aromatic heterocycles. The number of nitrogens with one attached hydrogen (secondary N) is 1. The van der Waals surface area contributed by atoms with Crippen LogP contribution < -0.4 is 5.32 Å². The van der Waals surface area contributed by atoms with E-state index in [1.165, 1.54) is 32.8 Å². The van der Waals surface area contributed by atoms with Gasteiger partial charge in [-0.25, -0.2) is 4.79 Å². The molecule has 3 nitrogen and oxygen atoms in total. The minimum Gasteiger partial charge on any atom is -0.465 e. The van der Waals surface area contributed by atoms with Crippen LogP contribution in [0.25, 0.3) is 0 Å². The normalized spacial score (nSPS) is 12.2. The average Bonchev–Trinajstić information content (AvgIpc) is 2.50. The van der Waals surface area contributed by atoms with Crippen LogP contribution in [0.1, 0.15) is 55.5 Å². The lowest BCUT2D eigenvalue weighted by molar-refractivity contribution is 0.0599. The van der Waals surface area contributed by atoms with Gasteiger partial charge in [0, 0.05) is 6.54 Å².